The molecule has 0 radical (unpaired) electrons. The van der Waals surface area contributed by atoms with Crippen LogP contribution < -0.4 is 5.32 Å². The Morgan fingerprint density at radius 3 is 2.65 bits per heavy atom. The maximum Gasteiger partial charge on any atom is 0.141 e. The van der Waals surface area contributed by atoms with Crippen LogP contribution in [0.1, 0.15) is 32.8 Å². The van der Waals surface area contributed by atoms with E-state index in [4.69, 9.17) is 11.6 Å². The molecule has 1 atom stereocenters. The van der Waals surface area contributed by atoms with Gasteiger partial charge in [-0.1, -0.05) is 20.8 Å². The lowest BCUT2D eigenvalue weighted by Gasteiger charge is -2.31. The van der Waals surface area contributed by atoms with E-state index in [0.29, 0.717) is 18.5 Å². The Bertz CT molecular complexity index is 350. The summed E-state index contributed by atoms with van der Waals surface area (Å²) in [5, 5.41) is 3.41. The average Bonchev–Trinajstić information content (AvgIpc) is 2.22. The minimum Gasteiger partial charge on any atom is -0.309 e. The highest BCUT2D eigenvalue weighted by Gasteiger charge is 2.23. The molecule has 2 nitrogen and oxygen atoms in total. The van der Waals surface area contributed by atoms with Gasteiger partial charge in [0.1, 0.15) is 5.82 Å². The summed E-state index contributed by atoms with van der Waals surface area (Å²) >= 11 is 5.80. The maximum absolute atomic E-state index is 13.0. The van der Waals surface area contributed by atoms with Crippen molar-refractivity contribution in [2.45, 2.75) is 39.8 Å². The van der Waals surface area contributed by atoms with E-state index in [0.717, 1.165) is 12.0 Å². The lowest BCUT2D eigenvalue weighted by molar-refractivity contribution is 0.260. The molecule has 1 rings (SSSR count). The second-order valence-corrected chi connectivity index (χ2v) is 5.67. The molecule has 1 unspecified atom stereocenters. The summed E-state index contributed by atoms with van der Waals surface area (Å²) in [7, 11) is 0. The number of hydrogen-bond donors (Lipinski definition) is 1. The van der Waals surface area contributed by atoms with E-state index in [1.807, 2.05) is 0 Å². The summed E-state index contributed by atoms with van der Waals surface area (Å²) < 4.78 is 13.0. The van der Waals surface area contributed by atoms with Gasteiger partial charge in [0.05, 0.1) is 6.20 Å². The molecule has 1 aromatic heterocycles. The SMILES string of the molecule is CC(C)(C)C(CCCl)NCc1cncc(F)c1. The van der Waals surface area contributed by atoms with Crippen LogP contribution in [0.2, 0.25) is 0 Å². The molecular formula is C13H20ClFN2. The van der Waals surface area contributed by atoms with Gasteiger partial charge < -0.3 is 5.32 Å². The topological polar surface area (TPSA) is 24.9 Å². The second-order valence-electron chi connectivity index (χ2n) is 5.29. The molecule has 1 heterocycles. The first-order valence-corrected chi connectivity index (χ1v) is 6.35. The van der Waals surface area contributed by atoms with Crippen LogP contribution in [0.15, 0.2) is 18.5 Å². The zero-order valence-electron chi connectivity index (χ0n) is 10.6. The maximum atomic E-state index is 13.0. The Balaban J connectivity index is 2.58. The Morgan fingerprint density at radius 2 is 2.12 bits per heavy atom. The smallest absolute Gasteiger partial charge is 0.141 e. The molecular weight excluding hydrogens is 239 g/mol. The van der Waals surface area contributed by atoms with Gasteiger partial charge in [0.2, 0.25) is 0 Å². The zero-order chi connectivity index (χ0) is 12.9. The van der Waals surface area contributed by atoms with E-state index in [2.05, 4.69) is 31.1 Å². The third kappa shape index (κ3) is 5.00. The van der Waals surface area contributed by atoms with Crippen molar-refractivity contribution in [1.29, 1.82) is 0 Å². The largest absolute Gasteiger partial charge is 0.309 e. The zero-order valence-corrected chi connectivity index (χ0v) is 11.4. The van der Waals surface area contributed by atoms with Crippen molar-refractivity contribution in [2.75, 3.05) is 5.88 Å². The fourth-order valence-corrected chi connectivity index (χ4v) is 1.96. The van der Waals surface area contributed by atoms with Gasteiger partial charge in [-0.25, -0.2) is 4.39 Å². The standard InChI is InChI=1S/C13H20ClFN2/c1-13(2,3)12(4-5-14)17-8-10-6-11(15)9-16-7-10/h6-7,9,12,17H,4-5,8H2,1-3H3. The molecule has 0 aliphatic heterocycles. The molecule has 0 aliphatic carbocycles. The minimum atomic E-state index is -0.297. The van der Waals surface area contributed by atoms with Gasteiger partial charge in [0.25, 0.3) is 0 Å². The highest BCUT2D eigenvalue weighted by Crippen LogP contribution is 2.22. The van der Waals surface area contributed by atoms with E-state index >= 15 is 0 Å². The van der Waals surface area contributed by atoms with Crippen LogP contribution in [0.25, 0.3) is 0 Å². The molecule has 17 heavy (non-hydrogen) atoms. The van der Waals surface area contributed by atoms with Crippen LogP contribution in [0.4, 0.5) is 4.39 Å². The van der Waals surface area contributed by atoms with Gasteiger partial charge in [0, 0.05) is 24.7 Å². The van der Waals surface area contributed by atoms with Crippen molar-refractivity contribution in [3.63, 3.8) is 0 Å². The monoisotopic (exact) mass is 258 g/mol. The van der Waals surface area contributed by atoms with E-state index in [-0.39, 0.29) is 11.2 Å². The normalized spacial score (nSPS) is 13.7. The molecule has 1 aromatic rings. The lowest BCUT2D eigenvalue weighted by Crippen LogP contribution is -2.40. The van der Waals surface area contributed by atoms with E-state index < -0.39 is 0 Å². The fraction of sp³-hybridized carbons (Fsp3) is 0.615. The molecule has 0 bridgehead atoms. The summed E-state index contributed by atoms with van der Waals surface area (Å²) in [6.07, 6.45) is 3.79. The Hall–Kier alpha value is -0.670. The number of pyridine rings is 1. The quantitative estimate of drug-likeness (QED) is 0.820. The summed E-state index contributed by atoms with van der Waals surface area (Å²) in [5.74, 6) is 0.324. The average molecular weight is 259 g/mol. The number of alkyl halides is 1. The summed E-state index contributed by atoms with van der Waals surface area (Å²) in [4.78, 5) is 3.83. The van der Waals surface area contributed by atoms with Crippen LogP contribution in [0.3, 0.4) is 0 Å². The van der Waals surface area contributed by atoms with Gasteiger partial charge >= 0.3 is 0 Å². The van der Waals surface area contributed by atoms with Crippen LogP contribution in [0.5, 0.6) is 0 Å². The molecule has 96 valence electrons. The van der Waals surface area contributed by atoms with E-state index in [9.17, 15) is 4.39 Å². The molecule has 0 saturated carbocycles. The molecule has 0 fully saturated rings. The van der Waals surface area contributed by atoms with Gasteiger partial charge in [-0.3, -0.25) is 4.98 Å². The first-order chi connectivity index (χ1) is 7.93. The van der Waals surface area contributed by atoms with Crippen LogP contribution in [-0.2, 0) is 6.54 Å². The third-order valence-electron chi connectivity index (χ3n) is 2.76. The van der Waals surface area contributed by atoms with Crippen molar-refractivity contribution in [2.24, 2.45) is 5.41 Å². The Morgan fingerprint density at radius 1 is 1.41 bits per heavy atom. The van der Waals surface area contributed by atoms with E-state index in [1.54, 1.807) is 6.20 Å². The van der Waals surface area contributed by atoms with E-state index in [1.165, 1.54) is 12.3 Å². The van der Waals surface area contributed by atoms with Gasteiger partial charge in [-0.15, -0.1) is 11.6 Å². The molecule has 0 saturated heterocycles. The van der Waals surface area contributed by atoms with Crippen molar-refractivity contribution in [1.82, 2.24) is 10.3 Å². The molecule has 0 aromatic carbocycles. The van der Waals surface area contributed by atoms with Crippen LogP contribution in [-0.4, -0.2) is 16.9 Å². The molecule has 1 N–H and O–H groups in total. The van der Waals surface area contributed by atoms with Crippen molar-refractivity contribution < 1.29 is 4.39 Å². The lowest BCUT2D eigenvalue weighted by atomic mass is 9.85. The van der Waals surface area contributed by atoms with Gasteiger partial charge in [0.15, 0.2) is 0 Å². The number of nitrogens with zero attached hydrogens (tertiary/aromatic N) is 1. The van der Waals surface area contributed by atoms with Crippen LogP contribution >= 0.6 is 11.6 Å². The van der Waals surface area contributed by atoms with Crippen molar-refractivity contribution in [3.05, 3.63) is 29.8 Å². The number of hydrogen-bond acceptors (Lipinski definition) is 2. The highest BCUT2D eigenvalue weighted by atomic mass is 35.5. The number of halogens is 2. The Labute approximate surface area is 108 Å². The number of nitrogens with one attached hydrogen (secondary N) is 1. The summed E-state index contributed by atoms with van der Waals surface area (Å²) in [6.45, 7) is 7.12. The summed E-state index contributed by atoms with van der Waals surface area (Å²) in [5.41, 5.74) is 0.990. The van der Waals surface area contributed by atoms with Gasteiger partial charge in [-0.2, -0.15) is 0 Å². The third-order valence-corrected chi connectivity index (χ3v) is 2.98. The predicted molar refractivity (Wildman–Crippen MR) is 69.6 cm³/mol. The number of aromatic nitrogens is 1. The fourth-order valence-electron chi connectivity index (χ4n) is 1.74. The predicted octanol–water partition coefficient (Wildman–Crippen LogP) is 3.35. The number of rotatable bonds is 5. The molecule has 4 heteroatoms. The van der Waals surface area contributed by atoms with Crippen molar-refractivity contribution >= 4 is 11.6 Å². The first kappa shape index (κ1) is 14.4. The molecule has 0 spiro atoms. The Kier molecular flexibility index (Phi) is 5.34. The van der Waals surface area contributed by atoms with Crippen molar-refractivity contribution in [3.8, 4) is 0 Å². The molecule has 0 amide bonds. The summed E-state index contributed by atoms with van der Waals surface area (Å²) in [6, 6.07) is 1.81. The van der Waals surface area contributed by atoms with Gasteiger partial charge in [-0.05, 0) is 23.5 Å². The second kappa shape index (κ2) is 6.31. The van der Waals surface area contributed by atoms with Crippen LogP contribution in [0, 0.1) is 11.2 Å². The molecule has 0 aliphatic rings. The first-order valence-electron chi connectivity index (χ1n) is 5.82. The highest BCUT2D eigenvalue weighted by molar-refractivity contribution is 6.17. The minimum absolute atomic E-state index is 0.135.